The van der Waals surface area contributed by atoms with E-state index in [-0.39, 0.29) is 28.0 Å². The lowest BCUT2D eigenvalue weighted by Gasteiger charge is -2.44. The van der Waals surface area contributed by atoms with Gasteiger partial charge in [-0.1, -0.05) is 27.7 Å². The number of rotatable bonds is 4. The molecule has 1 saturated heterocycles. The third-order valence-corrected chi connectivity index (χ3v) is 5.85. The van der Waals surface area contributed by atoms with E-state index in [2.05, 4.69) is 11.6 Å². The summed E-state index contributed by atoms with van der Waals surface area (Å²) in [5.74, 6) is 0.0909. The van der Waals surface area contributed by atoms with Crippen molar-refractivity contribution < 1.29 is 9.59 Å². The van der Waals surface area contributed by atoms with Crippen LogP contribution in [0.1, 0.15) is 47.0 Å². The molecule has 5 heteroatoms. The highest BCUT2D eigenvalue weighted by Crippen LogP contribution is 2.48. The number of thioether (sulfide) groups is 1. The summed E-state index contributed by atoms with van der Waals surface area (Å²) >= 11 is 1.83. The number of nitrogens with one attached hydrogen (secondary N) is 1. The minimum absolute atomic E-state index is 0.00364. The van der Waals surface area contributed by atoms with Crippen LogP contribution in [0, 0.1) is 5.41 Å². The van der Waals surface area contributed by atoms with Gasteiger partial charge in [-0.25, -0.2) is 0 Å². The molecule has 0 radical (unpaired) electrons. The van der Waals surface area contributed by atoms with Crippen molar-refractivity contribution in [3.8, 4) is 0 Å². The molecule has 2 aliphatic rings. The Kier molecular flexibility index (Phi) is 4.11. The molecule has 0 bridgehead atoms. The summed E-state index contributed by atoms with van der Waals surface area (Å²) in [7, 11) is 0. The lowest BCUT2D eigenvalue weighted by molar-refractivity contribution is -0.152. The first-order chi connectivity index (χ1) is 9.24. The summed E-state index contributed by atoms with van der Waals surface area (Å²) in [6, 6.07) is -0.707. The number of piperazine rings is 1. The smallest absolute Gasteiger partial charge is 0.246 e. The maximum absolute atomic E-state index is 12.8. The van der Waals surface area contributed by atoms with Crippen molar-refractivity contribution in [1.82, 2.24) is 10.2 Å². The maximum Gasteiger partial charge on any atom is 0.246 e. The maximum atomic E-state index is 12.8. The molecule has 1 N–H and O–H groups in total. The van der Waals surface area contributed by atoms with Gasteiger partial charge in [-0.3, -0.25) is 9.59 Å². The molecule has 114 valence electrons. The normalized spacial score (nSPS) is 29.4. The lowest BCUT2D eigenvalue weighted by atomic mass is 9.83. The fourth-order valence-electron chi connectivity index (χ4n) is 2.82. The van der Waals surface area contributed by atoms with Gasteiger partial charge < -0.3 is 10.2 Å². The molecule has 0 spiro atoms. The quantitative estimate of drug-likeness (QED) is 0.864. The van der Waals surface area contributed by atoms with Crippen LogP contribution in [0.3, 0.4) is 0 Å². The van der Waals surface area contributed by atoms with Crippen LogP contribution in [0.4, 0.5) is 0 Å². The topological polar surface area (TPSA) is 49.4 Å². The second-order valence-corrected chi connectivity index (χ2v) is 8.36. The number of amides is 2. The molecule has 1 heterocycles. The van der Waals surface area contributed by atoms with E-state index in [0.29, 0.717) is 13.0 Å². The molecule has 20 heavy (non-hydrogen) atoms. The molecule has 2 fully saturated rings. The molecule has 2 amide bonds. The van der Waals surface area contributed by atoms with Gasteiger partial charge in [0.25, 0.3) is 0 Å². The number of carbonyl (C=O) groups excluding carboxylic acids is 2. The molecule has 2 rings (SSSR count). The van der Waals surface area contributed by atoms with Gasteiger partial charge in [-0.2, -0.15) is 11.8 Å². The molecule has 1 saturated carbocycles. The first-order valence-electron chi connectivity index (χ1n) is 7.40. The van der Waals surface area contributed by atoms with Crippen LogP contribution in [0.15, 0.2) is 0 Å². The van der Waals surface area contributed by atoms with E-state index in [1.165, 1.54) is 0 Å². The van der Waals surface area contributed by atoms with Gasteiger partial charge in [0, 0.05) is 11.3 Å². The summed E-state index contributed by atoms with van der Waals surface area (Å²) in [6.07, 6.45) is 5.08. The van der Waals surface area contributed by atoms with E-state index in [9.17, 15) is 9.59 Å². The van der Waals surface area contributed by atoms with Gasteiger partial charge in [-0.15, -0.1) is 0 Å². The van der Waals surface area contributed by atoms with Crippen LogP contribution >= 0.6 is 11.8 Å². The second kappa shape index (κ2) is 5.24. The molecule has 4 nitrogen and oxygen atoms in total. The van der Waals surface area contributed by atoms with E-state index >= 15 is 0 Å². The molecule has 2 unspecified atom stereocenters. The molecule has 0 aromatic heterocycles. The van der Waals surface area contributed by atoms with Gasteiger partial charge in [-0.05, 0) is 30.9 Å². The number of carbonyl (C=O) groups is 2. The van der Waals surface area contributed by atoms with Crippen LogP contribution in [-0.2, 0) is 9.59 Å². The van der Waals surface area contributed by atoms with Crippen molar-refractivity contribution in [3.63, 3.8) is 0 Å². The minimum atomic E-state index is -0.407. The lowest BCUT2D eigenvalue weighted by Crippen LogP contribution is -2.67. The van der Waals surface area contributed by atoms with E-state index in [1.807, 2.05) is 44.4 Å². The predicted molar refractivity (Wildman–Crippen MR) is 82.7 cm³/mol. The van der Waals surface area contributed by atoms with Gasteiger partial charge in [0.2, 0.25) is 11.8 Å². The Morgan fingerprint density at radius 3 is 2.35 bits per heavy atom. The highest BCUT2D eigenvalue weighted by Gasteiger charge is 2.50. The average molecular weight is 298 g/mol. The van der Waals surface area contributed by atoms with Crippen LogP contribution in [0.25, 0.3) is 0 Å². The van der Waals surface area contributed by atoms with Crippen molar-refractivity contribution in [1.29, 1.82) is 0 Å². The van der Waals surface area contributed by atoms with Crippen LogP contribution in [0.2, 0.25) is 0 Å². The van der Waals surface area contributed by atoms with Gasteiger partial charge >= 0.3 is 0 Å². The highest BCUT2D eigenvalue weighted by molar-refractivity contribution is 8.00. The Hall–Kier alpha value is -0.710. The zero-order valence-electron chi connectivity index (χ0n) is 13.2. The third-order valence-electron chi connectivity index (χ3n) is 4.45. The predicted octanol–water partition coefficient (Wildman–Crippen LogP) is 2.03. The standard InChI is InChI=1S/C15H26N2O2S/c1-6-10-12(18)16-11(14(2,3)4)13(19)17(10)9-15(20-5)7-8-15/h10-11H,6-9H2,1-5H3,(H,16,18). The summed E-state index contributed by atoms with van der Waals surface area (Å²) in [5, 5.41) is 2.92. The second-order valence-electron chi connectivity index (χ2n) is 7.08. The number of nitrogens with zero attached hydrogens (tertiary/aromatic N) is 1. The Labute approximate surface area is 126 Å². The number of hydrogen-bond donors (Lipinski definition) is 1. The summed E-state index contributed by atoms with van der Waals surface area (Å²) in [6.45, 7) is 8.69. The van der Waals surface area contributed by atoms with E-state index < -0.39 is 6.04 Å². The van der Waals surface area contributed by atoms with Gasteiger partial charge in [0.1, 0.15) is 12.1 Å². The monoisotopic (exact) mass is 298 g/mol. The Morgan fingerprint density at radius 2 is 1.95 bits per heavy atom. The molecule has 2 atom stereocenters. The van der Waals surface area contributed by atoms with Gasteiger partial charge in [0.15, 0.2) is 0 Å². The average Bonchev–Trinajstić information content (AvgIpc) is 3.13. The Bertz CT molecular complexity index is 413. The molecule has 0 aromatic carbocycles. The molecule has 1 aliphatic carbocycles. The van der Waals surface area contributed by atoms with E-state index in [4.69, 9.17) is 0 Å². The zero-order chi connectivity index (χ0) is 15.1. The fourth-order valence-corrected chi connectivity index (χ4v) is 3.60. The van der Waals surface area contributed by atoms with E-state index in [1.54, 1.807) is 0 Å². The first-order valence-corrected chi connectivity index (χ1v) is 8.62. The molecule has 0 aromatic rings. The largest absolute Gasteiger partial charge is 0.342 e. The summed E-state index contributed by atoms with van der Waals surface area (Å²) in [4.78, 5) is 27.0. The third kappa shape index (κ3) is 2.83. The van der Waals surface area contributed by atoms with Crippen molar-refractivity contribution >= 4 is 23.6 Å². The highest BCUT2D eigenvalue weighted by atomic mass is 32.2. The zero-order valence-corrected chi connectivity index (χ0v) is 14.0. The van der Waals surface area contributed by atoms with Crippen molar-refractivity contribution in [2.45, 2.75) is 63.8 Å². The number of hydrogen-bond acceptors (Lipinski definition) is 3. The molecule has 1 aliphatic heterocycles. The van der Waals surface area contributed by atoms with Crippen molar-refractivity contribution in [2.75, 3.05) is 12.8 Å². The van der Waals surface area contributed by atoms with E-state index in [0.717, 1.165) is 12.8 Å². The Balaban J connectivity index is 2.23. The van der Waals surface area contributed by atoms with Gasteiger partial charge in [0.05, 0.1) is 0 Å². The van der Waals surface area contributed by atoms with Crippen molar-refractivity contribution in [2.24, 2.45) is 5.41 Å². The fraction of sp³-hybridized carbons (Fsp3) is 0.867. The SMILES string of the molecule is CCC1C(=O)NC(C(C)(C)C)C(=O)N1CC1(SC)CC1. The Morgan fingerprint density at radius 1 is 1.35 bits per heavy atom. The summed E-state index contributed by atoms with van der Waals surface area (Å²) in [5.41, 5.74) is -0.250. The molecular formula is C15H26N2O2S. The summed E-state index contributed by atoms with van der Waals surface area (Å²) < 4.78 is 0.198. The first kappa shape index (κ1) is 15.7. The van der Waals surface area contributed by atoms with Crippen LogP contribution < -0.4 is 5.32 Å². The minimum Gasteiger partial charge on any atom is -0.342 e. The van der Waals surface area contributed by atoms with Crippen LogP contribution in [-0.4, -0.2) is 46.3 Å². The van der Waals surface area contributed by atoms with Crippen molar-refractivity contribution in [3.05, 3.63) is 0 Å². The molecular weight excluding hydrogens is 272 g/mol. The van der Waals surface area contributed by atoms with Crippen LogP contribution in [0.5, 0.6) is 0 Å².